The first kappa shape index (κ1) is 15.2. The van der Waals surface area contributed by atoms with Crippen molar-refractivity contribution in [3.05, 3.63) is 41.4 Å². The molecule has 1 amide bonds. The number of hydrogen-bond donors (Lipinski definition) is 1. The van der Waals surface area contributed by atoms with E-state index in [9.17, 15) is 9.18 Å². The van der Waals surface area contributed by atoms with Gasteiger partial charge >= 0.3 is 0 Å². The van der Waals surface area contributed by atoms with Gasteiger partial charge in [0.25, 0.3) is 5.91 Å². The predicted molar refractivity (Wildman–Crippen MR) is 75.4 cm³/mol. The molecule has 0 saturated heterocycles. The van der Waals surface area contributed by atoms with Gasteiger partial charge in [0.1, 0.15) is 22.8 Å². The van der Waals surface area contributed by atoms with E-state index in [1.807, 2.05) is 6.92 Å². The molecular formula is C15H17FN2O3. The summed E-state index contributed by atoms with van der Waals surface area (Å²) in [6, 6.07) is 5.60. The third-order valence-electron chi connectivity index (χ3n) is 3.00. The van der Waals surface area contributed by atoms with Crippen LogP contribution in [0.1, 0.15) is 23.0 Å². The largest absolute Gasteiger partial charge is 0.383 e. The highest BCUT2D eigenvalue weighted by molar-refractivity contribution is 6.00. The molecule has 2 rings (SSSR count). The summed E-state index contributed by atoms with van der Waals surface area (Å²) < 4.78 is 23.1. The molecular weight excluding hydrogens is 275 g/mol. The fourth-order valence-corrected chi connectivity index (χ4v) is 2.03. The second-order valence-corrected chi connectivity index (χ2v) is 4.80. The highest BCUT2D eigenvalue weighted by Gasteiger charge is 2.22. The predicted octanol–water partition coefficient (Wildman–Crippen LogP) is 2.55. The van der Waals surface area contributed by atoms with Crippen molar-refractivity contribution in [3.8, 4) is 11.3 Å². The third-order valence-corrected chi connectivity index (χ3v) is 3.00. The quantitative estimate of drug-likeness (QED) is 0.920. The molecule has 0 bridgehead atoms. The number of nitrogens with one attached hydrogen (secondary N) is 1. The molecule has 6 heteroatoms. The van der Waals surface area contributed by atoms with Gasteiger partial charge in [-0.2, -0.15) is 0 Å². The van der Waals surface area contributed by atoms with Gasteiger partial charge < -0.3 is 14.6 Å². The minimum Gasteiger partial charge on any atom is -0.383 e. The zero-order valence-electron chi connectivity index (χ0n) is 12.1. The number of halogens is 1. The van der Waals surface area contributed by atoms with E-state index in [1.165, 1.54) is 12.1 Å². The molecule has 2 aromatic rings. The average molecular weight is 292 g/mol. The lowest BCUT2D eigenvalue weighted by Crippen LogP contribution is -2.36. The number of rotatable bonds is 5. The fourth-order valence-electron chi connectivity index (χ4n) is 2.03. The maximum atomic E-state index is 13.0. The van der Waals surface area contributed by atoms with E-state index in [1.54, 1.807) is 26.2 Å². The summed E-state index contributed by atoms with van der Waals surface area (Å²) in [5.41, 5.74) is 1.37. The van der Waals surface area contributed by atoms with Crippen molar-refractivity contribution in [2.24, 2.45) is 0 Å². The molecule has 0 aliphatic rings. The maximum absolute atomic E-state index is 13.0. The lowest BCUT2D eigenvalue weighted by atomic mass is 10.1. The number of methoxy groups -OCH3 is 1. The van der Waals surface area contributed by atoms with Crippen LogP contribution in [0.5, 0.6) is 0 Å². The van der Waals surface area contributed by atoms with Crippen molar-refractivity contribution in [2.75, 3.05) is 13.7 Å². The Morgan fingerprint density at radius 1 is 1.43 bits per heavy atom. The maximum Gasteiger partial charge on any atom is 0.257 e. The summed E-state index contributed by atoms with van der Waals surface area (Å²) in [5.74, 6) is -0.229. The van der Waals surface area contributed by atoms with Gasteiger partial charge in [-0.3, -0.25) is 4.79 Å². The monoisotopic (exact) mass is 292 g/mol. The SMILES string of the molecule is COCC(C)NC(=O)c1c(-c2ccc(F)cc2)noc1C. The Morgan fingerprint density at radius 2 is 2.10 bits per heavy atom. The molecule has 0 aliphatic carbocycles. The van der Waals surface area contributed by atoms with Crippen molar-refractivity contribution in [1.82, 2.24) is 10.5 Å². The molecule has 0 aliphatic heterocycles. The van der Waals surface area contributed by atoms with Gasteiger partial charge in [0, 0.05) is 18.7 Å². The number of hydrogen-bond acceptors (Lipinski definition) is 4. The molecule has 0 fully saturated rings. The first-order valence-corrected chi connectivity index (χ1v) is 6.55. The fraction of sp³-hybridized carbons (Fsp3) is 0.333. The summed E-state index contributed by atoms with van der Waals surface area (Å²) >= 11 is 0. The Hall–Kier alpha value is -2.21. The molecule has 1 aromatic heterocycles. The van der Waals surface area contributed by atoms with Crippen molar-refractivity contribution >= 4 is 5.91 Å². The molecule has 0 spiro atoms. The zero-order valence-corrected chi connectivity index (χ0v) is 12.1. The van der Waals surface area contributed by atoms with Crippen LogP contribution in [0.15, 0.2) is 28.8 Å². The topological polar surface area (TPSA) is 64.4 Å². The minimum atomic E-state index is -0.348. The number of aryl methyl sites for hydroxylation is 1. The number of nitrogens with zero attached hydrogens (tertiary/aromatic N) is 1. The van der Waals surface area contributed by atoms with E-state index in [-0.39, 0.29) is 17.8 Å². The van der Waals surface area contributed by atoms with Crippen molar-refractivity contribution in [2.45, 2.75) is 19.9 Å². The standard InChI is InChI=1S/C15H17FN2O3/c1-9(8-20-3)17-15(19)13-10(2)21-18-14(13)11-4-6-12(16)7-5-11/h4-7,9H,8H2,1-3H3,(H,17,19). The summed E-state index contributed by atoms with van der Waals surface area (Å²) in [4.78, 5) is 12.3. The van der Waals surface area contributed by atoms with Gasteiger partial charge in [0.15, 0.2) is 0 Å². The van der Waals surface area contributed by atoms with Crippen LogP contribution in [0.2, 0.25) is 0 Å². The van der Waals surface area contributed by atoms with Crippen LogP contribution in [0.25, 0.3) is 11.3 Å². The van der Waals surface area contributed by atoms with E-state index in [4.69, 9.17) is 9.26 Å². The number of carbonyl (C=O) groups is 1. The molecule has 1 N–H and O–H groups in total. The molecule has 5 nitrogen and oxygen atoms in total. The second kappa shape index (κ2) is 6.49. The van der Waals surface area contributed by atoms with Gasteiger partial charge in [-0.25, -0.2) is 4.39 Å². The van der Waals surface area contributed by atoms with Crippen molar-refractivity contribution in [1.29, 1.82) is 0 Å². The lowest BCUT2D eigenvalue weighted by molar-refractivity contribution is 0.0904. The minimum absolute atomic E-state index is 0.141. The number of aromatic nitrogens is 1. The van der Waals surface area contributed by atoms with Crippen LogP contribution in [0.4, 0.5) is 4.39 Å². The van der Waals surface area contributed by atoms with E-state index < -0.39 is 0 Å². The molecule has 112 valence electrons. The van der Waals surface area contributed by atoms with Gasteiger partial charge in [-0.15, -0.1) is 0 Å². The Labute approximate surface area is 122 Å². The molecule has 1 atom stereocenters. The first-order valence-electron chi connectivity index (χ1n) is 6.55. The van der Waals surface area contributed by atoms with Crippen LogP contribution in [0, 0.1) is 12.7 Å². The normalized spacial score (nSPS) is 12.2. The average Bonchev–Trinajstić information content (AvgIpc) is 2.81. The Kier molecular flexibility index (Phi) is 4.70. The first-order chi connectivity index (χ1) is 10.0. The van der Waals surface area contributed by atoms with Gasteiger partial charge in [0.05, 0.1) is 6.61 Å². The number of amides is 1. The summed E-state index contributed by atoms with van der Waals surface area (Å²) in [6.45, 7) is 3.90. The van der Waals surface area contributed by atoms with Crippen LogP contribution < -0.4 is 5.32 Å². The molecule has 21 heavy (non-hydrogen) atoms. The molecule has 1 unspecified atom stereocenters. The van der Waals surface area contributed by atoms with Crippen molar-refractivity contribution in [3.63, 3.8) is 0 Å². The molecule has 0 saturated carbocycles. The van der Waals surface area contributed by atoms with Crippen LogP contribution in [-0.4, -0.2) is 30.8 Å². The Morgan fingerprint density at radius 3 is 2.71 bits per heavy atom. The highest BCUT2D eigenvalue weighted by atomic mass is 19.1. The zero-order chi connectivity index (χ0) is 15.4. The van der Waals surface area contributed by atoms with Gasteiger partial charge in [0.2, 0.25) is 0 Å². The summed E-state index contributed by atoms with van der Waals surface area (Å²) in [6.07, 6.45) is 0. The van der Waals surface area contributed by atoms with E-state index in [0.717, 1.165) is 0 Å². The molecule has 0 radical (unpaired) electrons. The van der Waals surface area contributed by atoms with Crippen LogP contribution in [-0.2, 0) is 4.74 Å². The molecule has 1 aromatic carbocycles. The Bertz CT molecular complexity index is 622. The number of ether oxygens (including phenoxy) is 1. The third kappa shape index (κ3) is 3.46. The lowest BCUT2D eigenvalue weighted by Gasteiger charge is -2.12. The van der Waals surface area contributed by atoms with E-state index in [2.05, 4.69) is 10.5 Å². The van der Waals surface area contributed by atoms with Gasteiger partial charge in [-0.05, 0) is 38.1 Å². The van der Waals surface area contributed by atoms with Crippen LogP contribution in [0.3, 0.4) is 0 Å². The summed E-state index contributed by atoms with van der Waals surface area (Å²) in [5, 5.41) is 6.71. The number of benzene rings is 1. The summed E-state index contributed by atoms with van der Waals surface area (Å²) in [7, 11) is 1.57. The van der Waals surface area contributed by atoms with E-state index >= 15 is 0 Å². The molecule has 1 heterocycles. The smallest absolute Gasteiger partial charge is 0.257 e. The van der Waals surface area contributed by atoms with Gasteiger partial charge in [-0.1, -0.05) is 5.16 Å². The Balaban J connectivity index is 2.29. The van der Waals surface area contributed by atoms with Crippen LogP contribution >= 0.6 is 0 Å². The highest BCUT2D eigenvalue weighted by Crippen LogP contribution is 2.25. The van der Waals surface area contributed by atoms with E-state index in [0.29, 0.717) is 29.2 Å². The number of carbonyl (C=O) groups excluding carboxylic acids is 1. The second-order valence-electron chi connectivity index (χ2n) is 4.80. The van der Waals surface area contributed by atoms with Crippen molar-refractivity contribution < 1.29 is 18.4 Å².